The summed E-state index contributed by atoms with van der Waals surface area (Å²) in [6.45, 7) is -2.93. The average molecular weight is 464 g/mol. The highest BCUT2D eigenvalue weighted by atomic mass is 127. The van der Waals surface area contributed by atoms with Gasteiger partial charge in [0.25, 0.3) is 0 Å². The third-order valence-electron chi connectivity index (χ3n) is 4.56. The van der Waals surface area contributed by atoms with Gasteiger partial charge in [-0.25, -0.2) is 8.78 Å². The first kappa shape index (κ1) is 18.5. The molecule has 25 heavy (non-hydrogen) atoms. The van der Waals surface area contributed by atoms with Crippen molar-refractivity contribution in [1.82, 2.24) is 0 Å². The molecule has 134 valence electrons. The third kappa shape index (κ3) is 4.46. The molecule has 0 unspecified atom stereocenters. The lowest BCUT2D eigenvalue weighted by atomic mass is 9.83. The number of hydrogen-bond donors (Lipinski definition) is 0. The molecule has 0 spiro atoms. The average Bonchev–Trinajstić information content (AvgIpc) is 2.56. The van der Waals surface area contributed by atoms with Gasteiger partial charge in [-0.05, 0) is 67.0 Å². The molecular weight excluding hydrogens is 447 g/mol. The van der Waals surface area contributed by atoms with E-state index >= 15 is 0 Å². The first-order valence-corrected chi connectivity index (χ1v) is 9.37. The van der Waals surface area contributed by atoms with Gasteiger partial charge >= 0.3 is 6.61 Å². The van der Waals surface area contributed by atoms with Crippen LogP contribution >= 0.6 is 22.6 Å². The Balaban J connectivity index is 1.85. The second-order valence-electron chi connectivity index (χ2n) is 6.21. The molecule has 1 aliphatic carbocycles. The molecule has 0 radical (unpaired) electrons. The van der Waals surface area contributed by atoms with E-state index in [9.17, 15) is 17.6 Å². The predicted octanol–water partition coefficient (Wildman–Crippen LogP) is 6.69. The Labute approximate surface area is 157 Å². The molecule has 0 atom stereocenters. The zero-order valence-corrected chi connectivity index (χ0v) is 15.5. The maximum atomic E-state index is 14.5. The van der Waals surface area contributed by atoms with Crippen molar-refractivity contribution in [2.75, 3.05) is 0 Å². The van der Waals surface area contributed by atoms with Gasteiger partial charge in [-0.1, -0.05) is 34.7 Å². The van der Waals surface area contributed by atoms with Crippen LogP contribution in [-0.2, 0) is 0 Å². The van der Waals surface area contributed by atoms with Crippen LogP contribution in [0.1, 0.15) is 37.2 Å². The van der Waals surface area contributed by atoms with Crippen LogP contribution in [0.15, 0.2) is 36.4 Å². The summed E-state index contributed by atoms with van der Waals surface area (Å²) in [4.78, 5) is 0. The van der Waals surface area contributed by atoms with Crippen molar-refractivity contribution in [1.29, 1.82) is 0 Å². The second-order valence-corrected chi connectivity index (χ2v) is 7.97. The van der Waals surface area contributed by atoms with E-state index in [-0.39, 0.29) is 17.2 Å². The number of benzene rings is 2. The zero-order valence-electron chi connectivity index (χ0n) is 13.3. The lowest BCUT2D eigenvalue weighted by Crippen LogP contribution is -2.13. The summed E-state index contributed by atoms with van der Waals surface area (Å²) in [5.41, 5.74) is 0.841. The summed E-state index contributed by atoms with van der Waals surface area (Å²) in [5, 5.41) is 0. The Morgan fingerprint density at radius 1 is 0.920 bits per heavy atom. The molecule has 0 N–H and O–H groups in total. The Morgan fingerprint density at radius 3 is 2.00 bits per heavy atom. The quantitative estimate of drug-likeness (QED) is 0.278. The summed E-state index contributed by atoms with van der Waals surface area (Å²) in [5.74, 6) is -1.12. The Bertz CT molecular complexity index is 702. The van der Waals surface area contributed by atoms with Crippen molar-refractivity contribution in [2.45, 2.75) is 42.1 Å². The Hall–Kier alpha value is -1.31. The van der Waals surface area contributed by atoms with Crippen LogP contribution in [0.2, 0.25) is 0 Å². The Morgan fingerprint density at radius 2 is 1.48 bits per heavy atom. The van der Waals surface area contributed by atoms with Crippen LogP contribution in [0.4, 0.5) is 17.6 Å². The van der Waals surface area contributed by atoms with Gasteiger partial charge in [-0.15, -0.1) is 0 Å². The molecule has 2 aromatic carbocycles. The minimum Gasteiger partial charge on any atom is -0.435 e. The van der Waals surface area contributed by atoms with Gasteiger partial charge in [-0.3, -0.25) is 0 Å². The van der Waals surface area contributed by atoms with Crippen molar-refractivity contribution in [3.05, 3.63) is 53.6 Å². The summed E-state index contributed by atoms with van der Waals surface area (Å²) in [7, 11) is 0. The first-order valence-electron chi connectivity index (χ1n) is 8.12. The summed E-state index contributed by atoms with van der Waals surface area (Å²) < 4.78 is 58.3. The van der Waals surface area contributed by atoms with Crippen molar-refractivity contribution in [3.63, 3.8) is 0 Å². The molecule has 1 fully saturated rings. The minimum absolute atomic E-state index is 0.0493. The minimum atomic E-state index is -2.93. The SMILES string of the molecule is Fc1cc(C2CCC(I)CC2)cc(F)c1-c1ccc(OC(F)F)cc1. The van der Waals surface area contributed by atoms with Gasteiger partial charge in [0.05, 0.1) is 5.56 Å². The molecular formula is C19H17F4IO. The number of ether oxygens (including phenoxy) is 1. The van der Waals surface area contributed by atoms with E-state index in [2.05, 4.69) is 27.3 Å². The molecule has 0 aromatic heterocycles. The number of hydrogen-bond acceptors (Lipinski definition) is 1. The highest BCUT2D eigenvalue weighted by Gasteiger charge is 2.23. The van der Waals surface area contributed by atoms with Crippen LogP contribution in [0.5, 0.6) is 5.75 Å². The van der Waals surface area contributed by atoms with E-state index in [1.165, 1.54) is 36.4 Å². The lowest BCUT2D eigenvalue weighted by Gasteiger charge is -2.26. The molecule has 0 aliphatic heterocycles. The zero-order chi connectivity index (χ0) is 18.0. The predicted molar refractivity (Wildman–Crippen MR) is 97.4 cm³/mol. The number of alkyl halides is 3. The van der Waals surface area contributed by atoms with E-state index in [1.807, 2.05) is 0 Å². The monoisotopic (exact) mass is 464 g/mol. The smallest absolute Gasteiger partial charge is 0.387 e. The van der Waals surface area contributed by atoms with Gasteiger partial charge in [0.2, 0.25) is 0 Å². The van der Waals surface area contributed by atoms with E-state index in [1.54, 1.807) is 0 Å². The molecule has 0 amide bonds. The van der Waals surface area contributed by atoms with Crippen molar-refractivity contribution >= 4 is 22.6 Å². The third-order valence-corrected chi connectivity index (χ3v) is 5.81. The molecule has 0 heterocycles. The normalized spacial score (nSPS) is 20.7. The maximum absolute atomic E-state index is 14.5. The van der Waals surface area contributed by atoms with Gasteiger partial charge in [0.1, 0.15) is 17.4 Å². The van der Waals surface area contributed by atoms with Crippen LogP contribution in [0, 0.1) is 11.6 Å². The van der Waals surface area contributed by atoms with Crippen LogP contribution < -0.4 is 4.74 Å². The lowest BCUT2D eigenvalue weighted by molar-refractivity contribution is -0.0498. The molecule has 2 aromatic rings. The van der Waals surface area contributed by atoms with Crippen LogP contribution in [-0.4, -0.2) is 10.5 Å². The highest BCUT2D eigenvalue weighted by Crippen LogP contribution is 2.38. The van der Waals surface area contributed by atoms with Gasteiger partial charge in [-0.2, -0.15) is 8.78 Å². The highest BCUT2D eigenvalue weighted by molar-refractivity contribution is 14.1. The molecule has 1 aliphatic rings. The van der Waals surface area contributed by atoms with E-state index in [0.717, 1.165) is 25.7 Å². The van der Waals surface area contributed by atoms with E-state index in [4.69, 9.17) is 0 Å². The summed E-state index contributed by atoms with van der Waals surface area (Å²) in [6, 6.07) is 8.10. The Kier molecular flexibility index (Phi) is 5.86. The fraction of sp³-hybridized carbons (Fsp3) is 0.368. The van der Waals surface area contributed by atoms with E-state index < -0.39 is 18.2 Å². The summed E-state index contributed by atoms with van der Waals surface area (Å²) in [6.07, 6.45) is 3.99. The fourth-order valence-electron chi connectivity index (χ4n) is 3.29. The van der Waals surface area contributed by atoms with Crippen LogP contribution in [0.25, 0.3) is 11.1 Å². The first-order chi connectivity index (χ1) is 11.9. The van der Waals surface area contributed by atoms with Crippen molar-refractivity contribution in [2.24, 2.45) is 0 Å². The van der Waals surface area contributed by atoms with Gasteiger partial charge in [0.15, 0.2) is 0 Å². The maximum Gasteiger partial charge on any atom is 0.387 e. The summed E-state index contributed by atoms with van der Waals surface area (Å²) >= 11 is 2.42. The molecule has 3 rings (SSSR count). The topological polar surface area (TPSA) is 9.23 Å². The van der Waals surface area contributed by atoms with Crippen molar-refractivity contribution < 1.29 is 22.3 Å². The van der Waals surface area contributed by atoms with Crippen molar-refractivity contribution in [3.8, 4) is 16.9 Å². The largest absolute Gasteiger partial charge is 0.435 e. The van der Waals surface area contributed by atoms with Crippen LogP contribution in [0.3, 0.4) is 0 Å². The molecule has 1 nitrogen and oxygen atoms in total. The molecule has 0 bridgehead atoms. The number of halogens is 5. The standard InChI is InChI=1S/C19H17F4IO/c20-16-9-13(11-1-5-14(24)6-2-11)10-17(21)18(16)12-3-7-15(8-4-12)25-19(22)23/h3-4,7-11,14,19H,1-2,5-6H2. The van der Waals surface area contributed by atoms with Gasteiger partial charge in [0, 0.05) is 3.92 Å². The second kappa shape index (κ2) is 7.93. The molecule has 0 saturated heterocycles. The number of rotatable bonds is 4. The fourth-order valence-corrected chi connectivity index (χ4v) is 4.01. The molecule has 6 heteroatoms. The van der Waals surface area contributed by atoms with E-state index in [0.29, 0.717) is 15.1 Å². The molecule has 1 saturated carbocycles. The van der Waals surface area contributed by atoms with Gasteiger partial charge < -0.3 is 4.74 Å².